The van der Waals surface area contributed by atoms with Gasteiger partial charge in [0.15, 0.2) is 17.3 Å². The van der Waals surface area contributed by atoms with Gasteiger partial charge in [0.05, 0.1) is 27.9 Å². The normalized spacial score (nSPS) is 12.0. The zero-order valence-corrected chi connectivity index (χ0v) is 20.6. The number of carbonyl (C=O) groups is 1. The third-order valence-electron chi connectivity index (χ3n) is 5.17. The highest BCUT2D eigenvalue weighted by Crippen LogP contribution is 2.39. The van der Waals surface area contributed by atoms with Crippen molar-refractivity contribution in [2.75, 3.05) is 27.9 Å². The Morgan fingerprint density at radius 2 is 1.66 bits per heavy atom. The minimum absolute atomic E-state index is 0.245. The van der Waals surface area contributed by atoms with Crippen molar-refractivity contribution in [3.63, 3.8) is 0 Å². The summed E-state index contributed by atoms with van der Waals surface area (Å²) >= 11 is 0. The van der Waals surface area contributed by atoms with Crippen LogP contribution in [-0.4, -0.2) is 46.8 Å². The lowest BCUT2D eigenvalue weighted by Gasteiger charge is -2.18. The number of carbonyl (C=O) groups excluding carboxylic acids is 1. The first-order valence-corrected chi connectivity index (χ1v) is 14.2. The van der Waals surface area contributed by atoms with Crippen LogP contribution in [0.5, 0.6) is 17.2 Å². The number of Topliss-reactive ketones (excluding diaryl/α,β-unsaturated/α-hetero) is 1. The Bertz CT molecular complexity index is 1100. The molecule has 0 atom stereocenters. The van der Waals surface area contributed by atoms with Gasteiger partial charge in [0.2, 0.25) is 11.5 Å². The lowest BCUT2D eigenvalue weighted by Crippen LogP contribution is -2.22. The number of ether oxygens (including phenoxy) is 4. The van der Waals surface area contributed by atoms with E-state index in [-0.39, 0.29) is 11.5 Å². The standard InChI is InChI=1S/C25H31NO5Si/c1-28-22-13-17(14-23(29-2)25(22)30-3)24(27)21(31-11-12-32(4,5)6)15-18-16-26-20-10-8-7-9-19(18)20/h7-10,13-16,26H,11-12H2,1-6H3/b21-15+. The maximum atomic E-state index is 13.6. The molecule has 0 amide bonds. The molecule has 0 radical (unpaired) electrons. The number of H-pyrrole nitrogens is 1. The van der Waals surface area contributed by atoms with Gasteiger partial charge in [-0.2, -0.15) is 0 Å². The lowest BCUT2D eigenvalue weighted by atomic mass is 10.1. The van der Waals surface area contributed by atoms with Crippen molar-refractivity contribution < 1.29 is 23.7 Å². The summed E-state index contributed by atoms with van der Waals surface area (Å²) in [7, 11) is 3.26. The van der Waals surface area contributed by atoms with Gasteiger partial charge in [-0.25, -0.2) is 0 Å². The highest BCUT2D eigenvalue weighted by molar-refractivity contribution is 6.76. The highest BCUT2D eigenvalue weighted by atomic mass is 28.3. The van der Waals surface area contributed by atoms with Crippen LogP contribution in [0.15, 0.2) is 48.4 Å². The van der Waals surface area contributed by atoms with Gasteiger partial charge in [0.25, 0.3) is 0 Å². The summed E-state index contributed by atoms with van der Waals surface area (Å²) in [6.07, 6.45) is 3.68. The fourth-order valence-corrected chi connectivity index (χ4v) is 4.06. The number of para-hydroxylation sites is 1. The lowest BCUT2D eigenvalue weighted by molar-refractivity contribution is 0.0930. The van der Waals surface area contributed by atoms with E-state index < -0.39 is 8.07 Å². The minimum atomic E-state index is -1.33. The van der Waals surface area contributed by atoms with E-state index in [2.05, 4.69) is 24.6 Å². The average Bonchev–Trinajstić information content (AvgIpc) is 3.18. The topological polar surface area (TPSA) is 69.8 Å². The predicted octanol–water partition coefficient (Wildman–Crippen LogP) is 5.77. The molecule has 0 saturated carbocycles. The zero-order chi connectivity index (χ0) is 23.3. The second-order valence-electron chi connectivity index (χ2n) is 8.70. The molecule has 1 heterocycles. The molecule has 0 spiro atoms. The van der Waals surface area contributed by atoms with Gasteiger partial charge in [0, 0.05) is 36.3 Å². The number of fused-ring (bicyclic) bond motifs is 1. The summed E-state index contributed by atoms with van der Waals surface area (Å²) in [5.74, 6) is 1.31. The molecule has 0 bridgehead atoms. The van der Waals surface area contributed by atoms with Crippen molar-refractivity contribution >= 4 is 30.8 Å². The summed E-state index contributed by atoms with van der Waals surface area (Å²) in [5.41, 5.74) is 2.29. The first-order chi connectivity index (χ1) is 15.3. The average molecular weight is 454 g/mol. The Morgan fingerprint density at radius 3 is 2.25 bits per heavy atom. The van der Waals surface area contributed by atoms with E-state index >= 15 is 0 Å². The Morgan fingerprint density at radius 1 is 1.00 bits per heavy atom. The van der Waals surface area contributed by atoms with E-state index in [9.17, 15) is 4.79 Å². The number of aromatic nitrogens is 1. The summed E-state index contributed by atoms with van der Waals surface area (Å²) in [6, 6.07) is 12.2. The molecule has 1 aromatic heterocycles. The summed E-state index contributed by atoms with van der Waals surface area (Å²) in [4.78, 5) is 16.8. The molecule has 2 aromatic carbocycles. The van der Waals surface area contributed by atoms with Gasteiger partial charge >= 0.3 is 0 Å². The Labute approximate surface area is 190 Å². The van der Waals surface area contributed by atoms with E-state index in [1.165, 1.54) is 21.3 Å². The molecule has 3 aromatic rings. The van der Waals surface area contributed by atoms with Crippen LogP contribution in [0.4, 0.5) is 0 Å². The molecular weight excluding hydrogens is 422 g/mol. The largest absolute Gasteiger partial charge is 0.493 e. The molecule has 0 aliphatic carbocycles. The summed E-state index contributed by atoms with van der Waals surface area (Å²) < 4.78 is 22.3. The molecule has 0 aliphatic heterocycles. The Hall–Kier alpha value is -3.19. The van der Waals surface area contributed by atoms with Gasteiger partial charge in [-0.15, -0.1) is 0 Å². The third-order valence-corrected chi connectivity index (χ3v) is 6.87. The maximum absolute atomic E-state index is 13.6. The van der Waals surface area contributed by atoms with Crippen molar-refractivity contribution in [1.29, 1.82) is 0 Å². The van der Waals surface area contributed by atoms with Crippen molar-refractivity contribution in [1.82, 2.24) is 4.98 Å². The molecule has 0 saturated heterocycles. The van der Waals surface area contributed by atoms with Crippen molar-refractivity contribution in [2.24, 2.45) is 0 Å². The van der Waals surface area contributed by atoms with E-state index in [1.807, 2.05) is 30.5 Å². The number of benzene rings is 2. The van der Waals surface area contributed by atoms with Gasteiger partial charge in [-0.3, -0.25) is 4.79 Å². The molecule has 170 valence electrons. The van der Waals surface area contributed by atoms with Crippen molar-refractivity contribution in [3.8, 4) is 17.2 Å². The van der Waals surface area contributed by atoms with E-state index in [0.29, 0.717) is 29.4 Å². The summed E-state index contributed by atoms with van der Waals surface area (Å²) in [5, 5.41) is 1.02. The number of rotatable bonds is 10. The number of allylic oxidation sites excluding steroid dienone is 1. The smallest absolute Gasteiger partial charge is 0.227 e. The fraction of sp³-hybridized carbons (Fsp3) is 0.320. The van der Waals surface area contributed by atoms with Gasteiger partial charge in [0.1, 0.15) is 0 Å². The Balaban J connectivity index is 2.04. The zero-order valence-electron chi connectivity index (χ0n) is 19.6. The van der Waals surface area contributed by atoms with Crippen LogP contribution in [0.3, 0.4) is 0 Å². The SMILES string of the molecule is COc1cc(C(=O)/C(=C\c2c[nH]c3ccccc23)OCC[Si](C)(C)C)cc(OC)c1OC. The highest BCUT2D eigenvalue weighted by Gasteiger charge is 2.22. The van der Waals surface area contributed by atoms with Crippen LogP contribution < -0.4 is 14.2 Å². The van der Waals surface area contributed by atoms with Crippen LogP contribution in [0, 0.1) is 0 Å². The van der Waals surface area contributed by atoms with Crippen LogP contribution in [-0.2, 0) is 4.74 Å². The van der Waals surface area contributed by atoms with Gasteiger partial charge in [-0.05, 0) is 30.3 Å². The number of nitrogens with one attached hydrogen (secondary N) is 1. The summed E-state index contributed by atoms with van der Waals surface area (Å²) in [6.45, 7) is 7.32. The number of hydrogen-bond acceptors (Lipinski definition) is 5. The minimum Gasteiger partial charge on any atom is -0.493 e. The maximum Gasteiger partial charge on any atom is 0.227 e. The molecule has 6 nitrogen and oxygen atoms in total. The second-order valence-corrected chi connectivity index (χ2v) is 14.3. The Kier molecular flexibility index (Phi) is 7.30. The molecule has 1 N–H and O–H groups in total. The molecule has 7 heteroatoms. The molecule has 32 heavy (non-hydrogen) atoms. The van der Waals surface area contributed by atoms with Gasteiger partial charge < -0.3 is 23.9 Å². The van der Waals surface area contributed by atoms with Gasteiger partial charge in [-0.1, -0.05) is 37.8 Å². The predicted molar refractivity (Wildman–Crippen MR) is 131 cm³/mol. The van der Waals surface area contributed by atoms with E-state index in [1.54, 1.807) is 18.2 Å². The van der Waals surface area contributed by atoms with E-state index in [4.69, 9.17) is 18.9 Å². The number of methoxy groups -OCH3 is 3. The van der Waals surface area contributed by atoms with E-state index in [0.717, 1.165) is 22.5 Å². The molecule has 0 fully saturated rings. The van der Waals surface area contributed by atoms with Crippen LogP contribution >= 0.6 is 0 Å². The third kappa shape index (κ3) is 5.34. The monoisotopic (exact) mass is 453 g/mol. The first-order valence-electron chi connectivity index (χ1n) is 10.5. The van der Waals surface area contributed by atoms with Crippen LogP contribution in [0.2, 0.25) is 25.7 Å². The molecule has 0 aliphatic rings. The van der Waals surface area contributed by atoms with Crippen LogP contribution in [0.25, 0.3) is 17.0 Å². The molecule has 3 rings (SSSR count). The molecule has 0 unspecified atom stereocenters. The number of hydrogen-bond donors (Lipinski definition) is 1. The number of aromatic amines is 1. The van der Waals surface area contributed by atoms with Crippen molar-refractivity contribution in [2.45, 2.75) is 25.7 Å². The quantitative estimate of drug-likeness (QED) is 0.183. The van der Waals surface area contributed by atoms with Crippen LogP contribution in [0.1, 0.15) is 15.9 Å². The first kappa shape index (κ1) is 23.5. The van der Waals surface area contributed by atoms with Crippen molar-refractivity contribution in [3.05, 3.63) is 59.5 Å². The molecular formula is C25H31NO5Si. The second kappa shape index (κ2) is 9.95. The fourth-order valence-electron chi connectivity index (χ4n) is 3.35. The number of ketones is 1.